The number of rotatable bonds is 2. The Morgan fingerprint density at radius 1 is 0.828 bits per heavy atom. The van der Waals surface area contributed by atoms with E-state index in [1.165, 1.54) is 6.42 Å². The lowest BCUT2D eigenvalue weighted by molar-refractivity contribution is -0.134. The van der Waals surface area contributed by atoms with E-state index in [1.807, 2.05) is 64.4 Å². The molecule has 5 rings (SSSR count). The van der Waals surface area contributed by atoms with Crippen LogP contribution < -0.4 is 4.90 Å². The Bertz CT molecular complexity index is 911. The zero-order valence-electron chi connectivity index (χ0n) is 16.8. The second-order valence-electron chi connectivity index (χ2n) is 8.69. The van der Waals surface area contributed by atoms with Crippen LogP contribution in [0.2, 0.25) is 0 Å². The van der Waals surface area contributed by atoms with E-state index in [1.54, 1.807) is 0 Å². The Morgan fingerprint density at radius 2 is 1.48 bits per heavy atom. The first-order valence-electron chi connectivity index (χ1n) is 11.0. The van der Waals surface area contributed by atoms with Gasteiger partial charge in [-0.25, -0.2) is 0 Å². The molecule has 1 saturated carbocycles. The van der Waals surface area contributed by atoms with Gasteiger partial charge in [0.2, 0.25) is 5.91 Å². The molecule has 2 amide bonds. The first-order valence-corrected chi connectivity index (χ1v) is 11.0. The van der Waals surface area contributed by atoms with E-state index < -0.39 is 5.54 Å². The summed E-state index contributed by atoms with van der Waals surface area (Å²) >= 11 is 0. The van der Waals surface area contributed by atoms with Crippen LogP contribution >= 0.6 is 0 Å². The summed E-state index contributed by atoms with van der Waals surface area (Å²) in [5, 5.41) is 0. The lowest BCUT2D eigenvalue weighted by Gasteiger charge is -2.54. The third-order valence-electron chi connectivity index (χ3n) is 7.09. The summed E-state index contributed by atoms with van der Waals surface area (Å²) in [4.78, 5) is 31.7. The topological polar surface area (TPSA) is 40.6 Å². The Labute approximate surface area is 172 Å². The number of benzene rings is 2. The summed E-state index contributed by atoms with van der Waals surface area (Å²) in [6.07, 6.45) is 7.21. The largest absolute Gasteiger partial charge is 0.342 e. The van der Waals surface area contributed by atoms with Crippen molar-refractivity contribution in [1.82, 2.24) is 4.90 Å². The third kappa shape index (κ3) is 2.88. The van der Waals surface area contributed by atoms with Crippen LogP contribution in [0.4, 0.5) is 5.69 Å². The van der Waals surface area contributed by atoms with Crippen molar-refractivity contribution in [2.24, 2.45) is 0 Å². The zero-order valence-corrected chi connectivity index (χ0v) is 16.8. The van der Waals surface area contributed by atoms with Crippen molar-refractivity contribution in [3.05, 3.63) is 65.7 Å². The molecule has 0 N–H and O–H groups in total. The predicted octanol–water partition coefficient (Wildman–Crippen LogP) is 4.76. The fourth-order valence-electron chi connectivity index (χ4n) is 5.80. The number of carbonyl (C=O) groups excluding carboxylic acids is 2. The molecule has 2 aliphatic heterocycles. The van der Waals surface area contributed by atoms with Crippen LogP contribution in [0.15, 0.2) is 54.6 Å². The van der Waals surface area contributed by atoms with Crippen LogP contribution in [0.5, 0.6) is 0 Å². The monoisotopic (exact) mass is 388 g/mol. The maximum absolute atomic E-state index is 13.9. The fourth-order valence-corrected chi connectivity index (χ4v) is 5.80. The maximum Gasteiger partial charge on any atom is 0.259 e. The normalized spacial score (nSPS) is 23.3. The van der Waals surface area contributed by atoms with E-state index in [2.05, 4.69) is 0 Å². The van der Waals surface area contributed by atoms with Gasteiger partial charge in [0, 0.05) is 24.3 Å². The van der Waals surface area contributed by atoms with Gasteiger partial charge < -0.3 is 9.80 Å². The average molecular weight is 389 g/mol. The first-order chi connectivity index (χ1) is 14.2. The van der Waals surface area contributed by atoms with Crippen LogP contribution in [0.3, 0.4) is 0 Å². The molecule has 29 heavy (non-hydrogen) atoms. The number of hydrogen-bond donors (Lipinski definition) is 0. The highest BCUT2D eigenvalue weighted by Crippen LogP contribution is 2.51. The maximum atomic E-state index is 13.9. The standard InChI is InChI=1S/C25H28N2O2/c28-23-21-14-6-5-13-20(21)22(24(29)26-17-9-10-18-26)25(15-7-2-8-16-25)27(23)19-11-3-1-4-12-19/h1,3-6,11-14,22H,2,7-10,15-18H2/t22-/m1/s1. The highest BCUT2D eigenvalue weighted by atomic mass is 16.2. The molecule has 4 nitrogen and oxygen atoms in total. The number of likely N-dealkylation sites (tertiary alicyclic amines) is 1. The summed E-state index contributed by atoms with van der Waals surface area (Å²) in [7, 11) is 0. The molecule has 0 bridgehead atoms. The number of amides is 2. The van der Waals surface area contributed by atoms with Gasteiger partial charge in [0.25, 0.3) is 5.91 Å². The zero-order chi connectivity index (χ0) is 19.8. The number of hydrogen-bond acceptors (Lipinski definition) is 2. The molecule has 3 aliphatic rings. The highest BCUT2D eigenvalue weighted by molar-refractivity contribution is 6.12. The van der Waals surface area contributed by atoms with E-state index in [4.69, 9.17) is 0 Å². The molecule has 1 atom stereocenters. The molecule has 0 aromatic heterocycles. The quantitative estimate of drug-likeness (QED) is 0.744. The second-order valence-corrected chi connectivity index (χ2v) is 8.69. The molecule has 2 aromatic carbocycles. The molecule has 2 aromatic rings. The molecule has 4 heteroatoms. The van der Waals surface area contributed by atoms with E-state index >= 15 is 0 Å². The van der Waals surface area contributed by atoms with Crippen molar-refractivity contribution in [3.63, 3.8) is 0 Å². The predicted molar refractivity (Wildman–Crippen MR) is 114 cm³/mol. The summed E-state index contributed by atoms with van der Waals surface area (Å²) in [6, 6.07) is 17.8. The number of nitrogens with zero attached hydrogens (tertiary/aromatic N) is 2. The number of para-hydroxylation sites is 1. The number of fused-ring (bicyclic) bond motifs is 1. The molecule has 1 aliphatic carbocycles. The average Bonchev–Trinajstić information content (AvgIpc) is 3.30. The van der Waals surface area contributed by atoms with Crippen molar-refractivity contribution in [3.8, 4) is 0 Å². The van der Waals surface area contributed by atoms with Gasteiger partial charge in [-0.2, -0.15) is 0 Å². The van der Waals surface area contributed by atoms with Gasteiger partial charge in [-0.15, -0.1) is 0 Å². The first kappa shape index (κ1) is 18.4. The molecule has 2 fully saturated rings. The number of carbonyl (C=O) groups is 2. The van der Waals surface area contributed by atoms with Crippen LogP contribution in [0, 0.1) is 0 Å². The van der Waals surface area contributed by atoms with Crippen LogP contribution in [0.1, 0.15) is 66.8 Å². The molecule has 1 spiro atoms. The van der Waals surface area contributed by atoms with Crippen LogP contribution in [0.25, 0.3) is 0 Å². The SMILES string of the molecule is O=C([C@H]1c2ccccc2C(=O)N(c2ccccc2)C12CCCCC2)N1CCCC1. The van der Waals surface area contributed by atoms with E-state index in [0.717, 1.165) is 62.9 Å². The van der Waals surface area contributed by atoms with Gasteiger partial charge in [0.15, 0.2) is 0 Å². The van der Waals surface area contributed by atoms with Gasteiger partial charge in [-0.3, -0.25) is 9.59 Å². The summed E-state index contributed by atoms with van der Waals surface area (Å²) in [5.74, 6) is -0.0283. The molecule has 2 heterocycles. The summed E-state index contributed by atoms with van der Waals surface area (Å²) in [5.41, 5.74) is 2.06. The van der Waals surface area contributed by atoms with Crippen molar-refractivity contribution in [2.75, 3.05) is 18.0 Å². The molecule has 1 saturated heterocycles. The van der Waals surface area contributed by atoms with Crippen molar-refractivity contribution < 1.29 is 9.59 Å². The van der Waals surface area contributed by atoms with Gasteiger partial charge in [0.1, 0.15) is 0 Å². The van der Waals surface area contributed by atoms with Gasteiger partial charge >= 0.3 is 0 Å². The third-order valence-corrected chi connectivity index (χ3v) is 7.09. The molecule has 0 radical (unpaired) electrons. The lowest BCUT2D eigenvalue weighted by Crippen LogP contribution is -2.63. The Hall–Kier alpha value is -2.62. The molecular formula is C25H28N2O2. The van der Waals surface area contributed by atoms with Crippen molar-refractivity contribution in [2.45, 2.75) is 56.4 Å². The fraction of sp³-hybridized carbons (Fsp3) is 0.440. The number of anilines is 1. The van der Waals surface area contributed by atoms with E-state index in [9.17, 15) is 9.59 Å². The highest BCUT2D eigenvalue weighted by Gasteiger charge is 2.56. The smallest absolute Gasteiger partial charge is 0.259 e. The summed E-state index contributed by atoms with van der Waals surface area (Å²) in [6.45, 7) is 1.68. The Kier molecular flexibility index (Phi) is 4.65. The van der Waals surface area contributed by atoms with Gasteiger partial charge in [-0.1, -0.05) is 55.7 Å². The second kappa shape index (κ2) is 7.33. The van der Waals surface area contributed by atoms with E-state index in [0.29, 0.717) is 5.56 Å². The van der Waals surface area contributed by atoms with E-state index in [-0.39, 0.29) is 17.7 Å². The van der Waals surface area contributed by atoms with Crippen molar-refractivity contribution >= 4 is 17.5 Å². The van der Waals surface area contributed by atoms with Gasteiger partial charge in [-0.05, 0) is 49.4 Å². The minimum absolute atomic E-state index is 0.0409. The molecule has 150 valence electrons. The van der Waals surface area contributed by atoms with Crippen LogP contribution in [-0.4, -0.2) is 35.3 Å². The van der Waals surface area contributed by atoms with Crippen LogP contribution in [-0.2, 0) is 4.79 Å². The summed E-state index contributed by atoms with van der Waals surface area (Å²) < 4.78 is 0. The molecular weight excluding hydrogens is 360 g/mol. The Balaban J connectivity index is 1.72. The van der Waals surface area contributed by atoms with Crippen molar-refractivity contribution in [1.29, 1.82) is 0 Å². The minimum Gasteiger partial charge on any atom is -0.342 e. The Morgan fingerprint density at radius 3 is 2.21 bits per heavy atom. The molecule has 0 unspecified atom stereocenters. The lowest BCUT2D eigenvalue weighted by atomic mass is 9.65. The minimum atomic E-state index is -0.468. The van der Waals surface area contributed by atoms with Gasteiger partial charge in [0.05, 0.1) is 11.5 Å².